The van der Waals surface area contributed by atoms with Crippen LogP contribution in [0.1, 0.15) is 11.6 Å². The first-order valence-corrected chi connectivity index (χ1v) is 7.36. The average Bonchev–Trinajstić information content (AvgIpc) is 2.84. The molecule has 0 unspecified atom stereocenters. The van der Waals surface area contributed by atoms with E-state index in [-0.39, 0.29) is 11.6 Å². The number of aryl methyl sites for hydroxylation is 1. The van der Waals surface area contributed by atoms with Gasteiger partial charge in [-0.05, 0) is 19.1 Å². The van der Waals surface area contributed by atoms with Gasteiger partial charge in [-0.15, -0.1) is 0 Å². The first-order valence-electron chi connectivity index (χ1n) is 5.92. The molecule has 108 valence electrons. The normalized spacial score (nSPS) is 11.8. The standard InChI is InChI=1S/C11H16N6O2S/c1-8-14-10(16-15-8)7-17(3)20(18,19)11-9(12-2)5-4-6-13-11/h4-6,12H,7H2,1-3H3,(H,14,15,16). The zero-order valence-corrected chi connectivity index (χ0v) is 12.3. The van der Waals surface area contributed by atoms with Gasteiger partial charge in [-0.1, -0.05) is 0 Å². The molecular formula is C11H16N6O2S. The molecule has 2 rings (SSSR count). The van der Waals surface area contributed by atoms with E-state index in [4.69, 9.17) is 0 Å². The minimum Gasteiger partial charge on any atom is -0.386 e. The van der Waals surface area contributed by atoms with E-state index in [9.17, 15) is 8.42 Å². The van der Waals surface area contributed by atoms with Crippen molar-refractivity contribution in [3.63, 3.8) is 0 Å². The fourth-order valence-corrected chi connectivity index (χ4v) is 2.90. The molecular weight excluding hydrogens is 280 g/mol. The molecule has 0 atom stereocenters. The number of hydrogen-bond acceptors (Lipinski definition) is 6. The van der Waals surface area contributed by atoms with E-state index < -0.39 is 10.0 Å². The summed E-state index contributed by atoms with van der Waals surface area (Å²) in [5.41, 5.74) is 0.450. The van der Waals surface area contributed by atoms with Crippen LogP contribution in [-0.4, -0.2) is 47.0 Å². The van der Waals surface area contributed by atoms with E-state index in [2.05, 4.69) is 25.5 Å². The number of pyridine rings is 1. The Labute approximate surface area is 117 Å². The lowest BCUT2D eigenvalue weighted by Gasteiger charge is -2.16. The largest absolute Gasteiger partial charge is 0.386 e. The maximum atomic E-state index is 12.5. The Bertz CT molecular complexity index is 696. The number of nitrogens with one attached hydrogen (secondary N) is 2. The zero-order chi connectivity index (χ0) is 14.8. The Morgan fingerprint density at radius 3 is 2.80 bits per heavy atom. The smallest absolute Gasteiger partial charge is 0.262 e. The number of anilines is 1. The van der Waals surface area contributed by atoms with Gasteiger partial charge in [0.2, 0.25) is 0 Å². The Morgan fingerprint density at radius 2 is 2.20 bits per heavy atom. The Balaban J connectivity index is 2.29. The highest BCUT2D eigenvalue weighted by molar-refractivity contribution is 7.89. The molecule has 2 aromatic rings. The third-order valence-electron chi connectivity index (χ3n) is 2.70. The van der Waals surface area contributed by atoms with Crippen molar-refractivity contribution in [1.29, 1.82) is 0 Å². The van der Waals surface area contributed by atoms with E-state index in [1.54, 1.807) is 26.1 Å². The van der Waals surface area contributed by atoms with Crippen LogP contribution >= 0.6 is 0 Å². The maximum absolute atomic E-state index is 12.5. The van der Waals surface area contributed by atoms with Crippen LogP contribution < -0.4 is 5.32 Å². The molecule has 9 heteroatoms. The van der Waals surface area contributed by atoms with Crippen LogP contribution in [0.2, 0.25) is 0 Å². The van der Waals surface area contributed by atoms with Crippen molar-refractivity contribution in [1.82, 2.24) is 24.5 Å². The van der Waals surface area contributed by atoms with Crippen molar-refractivity contribution in [2.75, 3.05) is 19.4 Å². The molecule has 0 saturated carbocycles. The number of nitrogens with zero attached hydrogens (tertiary/aromatic N) is 4. The number of H-pyrrole nitrogens is 1. The number of rotatable bonds is 5. The lowest BCUT2D eigenvalue weighted by atomic mass is 10.4. The molecule has 2 aromatic heterocycles. The predicted octanol–water partition coefficient (Wildman–Crippen LogP) is 0.371. The second-order valence-electron chi connectivity index (χ2n) is 4.20. The van der Waals surface area contributed by atoms with Gasteiger partial charge in [-0.25, -0.2) is 18.4 Å². The summed E-state index contributed by atoms with van der Waals surface area (Å²) in [4.78, 5) is 8.04. The maximum Gasteiger partial charge on any atom is 0.262 e. The van der Waals surface area contributed by atoms with Gasteiger partial charge < -0.3 is 5.32 Å². The fourth-order valence-electron chi connectivity index (χ4n) is 1.68. The van der Waals surface area contributed by atoms with Crippen LogP contribution in [0.5, 0.6) is 0 Å². The quantitative estimate of drug-likeness (QED) is 0.826. The molecule has 0 saturated heterocycles. The van der Waals surface area contributed by atoms with Gasteiger partial charge in [0.05, 0.1) is 12.2 Å². The van der Waals surface area contributed by atoms with Crippen LogP contribution in [0, 0.1) is 6.92 Å². The van der Waals surface area contributed by atoms with Crippen molar-refractivity contribution in [3.05, 3.63) is 30.0 Å². The summed E-state index contributed by atoms with van der Waals surface area (Å²) in [5.74, 6) is 1.05. The summed E-state index contributed by atoms with van der Waals surface area (Å²) >= 11 is 0. The van der Waals surface area contributed by atoms with Gasteiger partial charge in [0.1, 0.15) is 5.82 Å². The first kappa shape index (κ1) is 14.4. The van der Waals surface area contributed by atoms with E-state index in [1.807, 2.05) is 0 Å². The van der Waals surface area contributed by atoms with Gasteiger partial charge >= 0.3 is 0 Å². The molecule has 0 spiro atoms. The van der Waals surface area contributed by atoms with E-state index >= 15 is 0 Å². The van der Waals surface area contributed by atoms with Gasteiger partial charge in [-0.2, -0.15) is 9.40 Å². The highest BCUT2D eigenvalue weighted by Crippen LogP contribution is 2.21. The van der Waals surface area contributed by atoms with Crippen LogP contribution in [0.25, 0.3) is 0 Å². The SMILES string of the molecule is CNc1cccnc1S(=O)(=O)N(C)Cc1n[nH]c(C)n1. The first-order chi connectivity index (χ1) is 9.45. The van der Waals surface area contributed by atoms with Crippen molar-refractivity contribution >= 4 is 15.7 Å². The fraction of sp³-hybridized carbons (Fsp3) is 0.364. The number of hydrogen-bond donors (Lipinski definition) is 2. The van der Waals surface area contributed by atoms with E-state index in [0.29, 0.717) is 17.3 Å². The Kier molecular flexibility index (Phi) is 4.00. The number of aromatic amines is 1. The molecule has 2 N–H and O–H groups in total. The lowest BCUT2D eigenvalue weighted by molar-refractivity contribution is 0.455. The summed E-state index contributed by atoms with van der Waals surface area (Å²) < 4.78 is 26.1. The Hall–Kier alpha value is -2.00. The number of sulfonamides is 1. The molecule has 0 aliphatic heterocycles. The van der Waals surface area contributed by atoms with Crippen molar-refractivity contribution in [2.45, 2.75) is 18.5 Å². The van der Waals surface area contributed by atoms with E-state index in [1.165, 1.54) is 17.5 Å². The molecule has 0 aromatic carbocycles. The zero-order valence-electron chi connectivity index (χ0n) is 11.5. The van der Waals surface area contributed by atoms with Gasteiger partial charge in [0.25, 0.3) is 10.0 Å². The molecule has 0 radical (unpaired) electrons. The molecule has 0 bridgehead atoms. The highest BCUT2D eigenvalue weighted by Gasteiger charge is 2.26. The average molecular weight is 296 g/mol. The third kappa shape index (κ3) is 2.78. The molecule has 2 heterocycles. The molecule has 8 nitrogen and oxygen atoms in total. The summed E-state index contributed by atoms with van der Waals surface area (Å²) in [7, 11) is -0.590. The molecule has 0 amide bonds. The minimum atomic E-state index is -3.70. The summed E-state index contributed by atoms with van der Waals surface area (Å²) in [6.45, 7) is 1.83. The second kappa shape index (κ2) is 5.55. The van der Waals surface area contributed by atoms with Crippen molar-refractivity contribution in [3.8, 4) is 0 Å². The van der Waals surface area contributed by atoms with Crippen molar-refractivity contribution < 1.29 is 8.42 Å². The van der Waals surface area contributed by atoms with Crippen LogP contribution in [-0.2, 0) is 16.6 Å². The van der Waals surface area contributed by atoms with Crippen molar-refractivity contribution in [2.24, 2.45) is 0 Å². The third-order valence-corrected chi connectivity index (χ3v) is 4.47. The summed E-state index contributed by atoms with van der Waals surface area (Å²) in [6.07, 6.45) is 1.44. The van der Waals surface area contributed by atoms with Gasteiger partial charge in [0.15, 0.2) is 10.9 Å². The summed E-state index contributed by atoms with van der Waals surface area (Å²) in [5, 5.41) is 9.41. The minimum absolute atomic E-state index is 0.0164. The summed E-state index contributed by atoms with van der Waals surface area (Å²) in [6, 6.07) is 3.33. The lowest BCUT2D eigenvalue weighted by Crippen LogP contribution is -2.28. The number of aromatic nitrogens is 4. The van der Waals surface area contributed by atoms with Crippen LogP contribution in [0.15, 0.2) is 23.4 Å². The molecule has 20 heavy (non-hydrogen) atoms. The molecule has 0 aliphatic rings. The Morgan fingerprint density at radius 1 is 1.45 bits per heavy atom. The van der Waals surface area contributed by atoms with Crippen LogP contribution in [0.3, 0.4) is 0 Å². The molecule has 0 aliphatic carbocycles. The predicted molar refractivity (Wildman–Crippen MR) is 73.6 cm³/mol. The van der Waals surface area contributed by atoms with Gasteiger partial charge in [0, 0.05) is 20.3 Å². The van der Waals surface area contributed by atoms with Crippen LogP contribution in [0.4, 0.5) is 5.69 Å². The second-order valence-corrected chi connectivity index (χ2v) is 6.16. The monoisotopic (exact) mass is 296 g/mol. The topological polar surface area (TPSA) is 104 Å². The van der Waals surface area contributed by atoms with Gasteiger partial charge in [-0.3, -0.25) is 5.10 Å². The molecule has 0 fully saturated rings. The van der Waals surface area contributed by atoms with E-state index in [0.717, 1.165) is 0 Å². The highest BCUT2D eigenvalue weighted by atomic mass is 32.2.